The quantitative estimate of drug-likeness (QED) is 0.816. The molecular weight excluding hydrogens is 214 g/mol. The molecule has 0 spiro atoms. The van der Waals surface area contributed by atoms with Gasteiger partial charge >= 0.3 is 0 Å². The molecule has 1 heterocycles. The van der Waals surface area contributed by atoms with Crippen LogP contribution in [0.3, 0.4) is 0 Å². The zero-order valence-electron chi connectivity index (χ0n) is 10.2. The van der Waals surface area contributed by atoms with Gasteiger partial charge in [-0.3, -0.25) is 4.98 Å². The van der Waals surface area contributed by atoms with E-state index in [4.69, 9.17) is 10.5 Å². The Morgan fingerprint density at radius 2 is 2.12 bits per heavy atom. The van der Waals surface area contributed by atoms with Crippen LogP contribution in [0.4, 0.5) is 11.4 Å². The maximum absolute atomic E-state index is 5.95. The Bertz CT molecular complexity index is 513. The average molecular weight is 231 g/mol. The molecule has 1 aromatic carbocycles. The van der Waals surface area contributed by atoms with Gasteiger partial charge in [-0.05, 0) is 18.2 Å². The number of anilines is 2. The summed E-state index contributed by atoms with van der Waals surface area (Å²) in [6, 6.07) is 5.90. The summed E-state index contributed by atoms with van der Waals surface area (Å²) in [6.45, 7) is 1.53. The lowest BCUT2D eigenvalue weighted by Crippen LogP contribution is -2.22. The first-order valence-corrected chi connectivity index (χ1v) is 5.56. The highest BCUT2D eigenvalue weighted by Crippen LogP contribution is 2.29. The fourth-order valence-electron chi connectivity index (χ4n) is 1.88. The Hall–Kier alpha value is -1.81. The highest BCUT2D eigenvalue weighted by molar-refractivity contribution is 6.00. The molecule has 0 atom stereocenters. The van der Waals surface area contributed by atoms with Gasteiger partial charge in [-0.1, -0.05) is 0 Å². The fourth-order valence-corrected chi connectivity index (χ4v) is 1.88. The number of hydrogen-bond donors (Lipinski definition) is 1. The molecular formula is C13H17N3O. The molecule has 2 aromatic rings. The van der Waals surface area contributed by atoms with E-state index in [1.165, 1.54) is 0 Å². The van der Waals surface area contributed by atoms with Crippen molar-refractivity contribution in [1.29, 1.82) is 0 Å². The van der Waals surface area contributed by atoms with Crippen LogP contribution in [0, 0.1) is 0 Å². The summed E-state index contributed by atoms with van der Waals surface area (Å²) < 4.78 is 5.09. The molecule has 0 saturated heterocycles. The van der Waals surface area contributed by atoms with E-state index in [1.54, 1.807) is 13.3 Å². The third-order valence-electron chi connectivity index (χ3n) is 2.87. The van der Waals surface area contributed by atoms with Gasteiger partial charge in [-0.15, -0.1) is 0 Å². The zero-order valence-corrected chi connectivity index (χ0v) is 10.2. The normalized spacial score (nSPS) is 10.7. The Kier molecular flexibility index (Phi) is 3.44. The van der Waals surface area contributed by atoms with Crippen molar-refractivity contribution in [3.63, 3.8) is 0 Å². The van der Waals surface area contributed by atoms with Gasteiger partial charge in [0.25, 0.3) is 0 Å². The second-order valence-corrected chi connectivity index (χ2v) is 4.01. The molecule has 0 radical (unpaired) electrons. The topological polar surface area (TPSA) is 51.4 Å². The lowest BCUT2D eigenvalue weighted by molar-refractivity contribution is 0.206. The molecule has 2 rings (SSSR count). The number of methoxy groups -OCH3 is 1. The van der Waals surface area contributed by atoms with E-state index in [0.29, 0.717) is 6.61 Å². The first kappa shape index (κ1) is 11.7. The summed E-state index contributed by atoms with van der Waals surface area (Å²) >= 11 is 0. The minimum Gasteiger partial charge on any atom is -0.398 e. The van der Waals surface area contributed by atoms with Crippen molar-refractivity contribution in [3.8, 4) is 0 Å². The van der Waals surface area contributed by atoms with Gasteiger partial charge in [-0.25, -0.2) is 0 Å². The van der Waals surface area contributed by atoms with Gasteiger partial charge in [-0.2, -0.15) is 0 Å². The standard InChI is InChI=1S/C13H17N3O/c1-16(7-8-17-2)13-4-3-12(14)10-5-6-15-9-11(10)13/h3-6,9H,7-8,14H2,1-2H3. The number of likely N-dealkylation sites (N-methyl/N-ethyl adjacent to an activating group) is 1. The number of rotatable bonds is 4. The van der Waals surface area contributed by atoms with Crippen molar-refractivity contribution < 1.29 is 4.74 Å². The highest BCUT2D eigenvalue weighted by Gasteiger charge is 2.07. The predicted molar refractivity (Wildman–Crippen MR) is 71.3 cm³/mol. The smallest absolute Gasteiger partial charge is 0.0637 e. The minimum absolute atomic E-state index is 0.697. The first-order valence-electron chi connectivity index (χ1n) is 5.56. The number of benzene rings is 1. The van der Waals surface area contributed by atoms with Crippen molar-refractivity contribution >= 4 is 22.1 Å². The molecule has 0 unspecified atom stereocenters. The maximum Gasteiger partial charge on any atom is 0.0637 e. The molecule has 0 aliphatic carbocycles. The SMILES string of the molecule is COCCN(C)c1ccc(N)c2ccncc12. The molecule has 4 heteroatoms. The van der Waals surface area contributed by atoms with Gasteiger partial charge in [0.2, 0.25) is 0 Å². The Balaban J connectivity index is 2.44. The molecule has 17 heavy (non-hydrogen) atoms. The lowest BCUT2D eigenvalue weighted by atomic mass is 10.1. The third-order valence-corrected chi connectivity index (χ3v) is 2.87. The summed E-state index contributed by atoms with van der Waals surface area (Å²) in [5.41, 5.74) is 7.86. The van der Waals surface area contributed by atoms with E-state index in [0.717, 1.165) is 28.7 Å². The Labute approximate surface area is 101 Å². The molecule has 0 aliphatic heterocycles. The van der Waals surface area contributed by atoms with Crippen molar-refractivity contribution in [2.24, 2.45) is 0 Å². The number of nitrogens with two attached hydrogens (primary N) is 1. The maximum atomic E-state index is 5.95. The molecule has 1 aromatic heterocycles. The van der Waals surface area contributed by atoms with Crippen LogP contribution in [0.1, 0.15) is 0 Å². The van der Waals surface area contributed by atoms with Gasteiger partial charge < -0.3 is 15.4 Å². The summed E-state index contributed by atoms with van der Waals surface area (Å²) in [4.78, 5) is 6.31. The summed E-state index contributed by atoms with van der Waals surface area (Å²) in [7, 11) is 3.74. The molecule has 4 nitrogen and oxygen atoms in total. The number of nitrogens with zero attached hydrogens (tertiary/aromatic N) is 2. The molecule has 0 amide bonds. The third kappa shape index (κ3) is 2.31. The van der Waals surface area contributed by atoms with E-state index >= 15 is 0 Å². The molecule has 90 valence electrons. The largest absolute Gasteiger partial charge is 0.398 e. The van der Waals surface area contributed by atoms with E-state index in [2.05, 4.69) is 9.88 Å². The van der Waals surface area contributed by atoms with Crippen LogP contribution >= 0.6 is 0 Å². The fraction of sp³-hybridized carbons (Fsp3) is 0.308. The molecule has 0 fully saturated rings. The van der Waals surface area contributed by atoms with Gasteiger partial charge in [0, 0.05) is 55.2 Å². The highest BCUT2D eigenvalue weighted by atomic mass is 16.5. The summed E-state index contributed by atoms with van der Waals surface area (Å²) in [5, 5.41) is 2.12. The first-order chi connectivity index (χ1) is 8.24. The average Bonchev–Trinajstić information content (AvgIpc) is 2.37. The van der Waals surface area contributed by atoms with Crippen LogP contribution in [0.15, 0.2) is 30.6 Å². The second-order valence-electron chi connectivity index (χ2n) is 4.01. The number of pyridine rings is 1. The van der Waals surface area contributed by atoms with Crippen molar-refractivity contribution in [2.45, 2.75) is 0 Å². The Morgan fingerprint density at radius 1 is 1.29 bits per heavy atom. The van der Waals surface area contributed by atoms with Gasteiger partial charge in [0.05, 0.1) is 6.61 Å². The van der Waals surface area contributed by atoms with Crippen LogP contribution in [-0.2, 0) is 4.74 Å². The number of nitrogen functional groups attached to an aromatic ring is 1. The van der Waals surface area contributed by atoms with Crippen molar-refractivity contribution in [1.82, 2.24) is 4.98 Å². The van der Waals surface area contributed by atoms with Crippen LogP contribution in [-0.4, -0.2) is 32.3 Å². The minimum atomic E-state index is 0.697. The zero-order chi connectivity index (χ0) is 12.3. The van der Waals surface area contributed by atoms with Gasteiger partial charge in [0.1, 0.15) is 0 Å². The van der Waals surface area contributed by atoms with Crippen LogP contribution < -0.4 is 10.6 Å². The van der Waals surface area contributed by atoms with E-state index < -0.39 is 0 Å². The van der Waals surface area contributed by atoms with Crippen molar-refractivity contribution in [2.75, 3.05) is 37.9 Å². The van der Waals surface area contributed by atoms with Crippen LogP contribution in [0.2, 0.25) is 0 Å². The van der Waals surface area contributed by atoms with E-state index in [9.17, 15) is 0 Å². The number of fused-ring (bicyclic) bond motifs is 1. The van der Waals surface area contributed by atoms with Crippen LogP contribution in [0.5, 0.6) is 0 Å². The molecule has 0 bridgehead atoms. The number of ether oxygens (including phenoxy) is 1. The lowest BCUT2D eigenvalue weighted by Gasteiger charge is -2.21. The predicted octanol–water partition coefficient (Wildman–Crippen LogP) is 1.90. The molecule has 0 saturated carbocycles. The summed E-state index contributed by atoms with van der Waals surface area (Å²) in [5.74, 6) is 0. The second kappa shape index (κ2) is 5.01. The Morgan fingerprint density at radius 3 is 2.88 bits per heavy atom. The monoisotopic (exact) mass is 231 g/mol. The van der Waals surface area contributed by atoms with Crippen molar-refractivity contribution in [3.05, 3.63) is 30.6 Å². The number of aromatic nitrogens is 1. The molecule has 2 N–H and O–H groups in total. The summed E-state index contributed by atoms with van der Waals surface area (Å²) in [6.07, 6.45) is 3.61. The van der Waals surface area contributed by atoms with E-state index in [1.807, 2.05) is 31.4 Å². The number of hydrogen-bond acceptors (Lipinski definition) is 4. The molecule has 0 aliphatic rings. The van der Waals surface area contributed by atoms with E-state index in [-0.39, 0.29) is 0 Å². The van der Waals surface area contributed by atoms with Gasteiger partial charge in [0.15, 0.2) is 0 Å². The van der Waals surface area contributed by atoms with Crippen LogP contribution in [0.25, 0.3) is 10.8 Å².